The van der Waals surface area contributed by atoms with Crippen LogP contribution in [-0.2, 0) is 0 Å². The molecule has 2 N–H and O–H groups in total. The van der Waals surface area contributed by atoms with Crippen molar-refractivity contribution in [3.63, 3.8) is 0 Å². The van der Waals surface area contributed by atoms with Crippen molar-refractivity contribution in [2.75, 3.05) is 13.1 Å². The fourth-order valence-corrected chi connectivity index (χ4v) is 3.24. The highest BCUT2D eigenvalue weighted by Crippen LogP contribution is 2.28. The average Bonchev–Trinajstić information content (AvgIpc) is 2.74. The Balaban J connectivity index is 1.54. The van der Waals surface area contributed by atoms with Gasteiger partial charge in [0.15, 0.2) is 0 Å². The van der Waals surface area contributed by atoms with Crippen LogP contribution in [-0.4, -0.2) is 24.7 Å². The lowest BCUT2D eigenvalue weighted by Gasteiger charge is -2.27. The van der Waals surface area contributed by atoms with Gasteiger partial charge in [0.05, 0.1) is 0 Å². The van der Waals surface area contributed by atoms with E-state index in [9.17, 15) is 0 Å². The summed E-state index contributed by atoms with van der Waals surface area (Å²) in [6, 6.07) is 0.812. The van der Waals surface area contributed by atoms with E-state index in [2.05, 4.69) is 17.6 Å². The molecule has 94 valence electrons. The summed E-state index contributed by atoms with van der Waals surface area (Å²) in [5.41, 5.74) is 0.472. The van der Waals surface area contributed by atoms with Gasteiger partial charge in [0.2, 0.25) is 0 Å². The second kappa shape index (κ2) is 6.02. The molecule has 2 fully saturated rings. The molecule has 1 atom stereocenters. The topological polar surface area (TPSA) is 24.1 Å². The summed E-state index contributed by atoms with van der Waals surface area (Å²) in [6.45, 7) is 4.86. The zero-order chi connectivity index (χ0) is 11.3. The fraction of sp³-hybridized carbons (Fsp3) is 1.00. The Bertz CT molecular complexity index is 191. The van der Waals surface area contributed by atoms with Crippen molar-refractivity contribution < 1.29 is 0 Å². The van der Waals surface area contributed by atoms with Crippen LogP contribution in [0.5, 0.6) is 0 Å². The Morgan fingerprint density at radius 1 is 1.19 bits per heavy atom. The van der Waals surface area contributed by atoms with Gasteiger partial charge in [0, 0.05) is 11.6 Å². The van der Waals surface area contributed by atoms with Crippen molar-refractivity contribution in [2.24, 2.45) is 0 Å². The molecule has 0 bridgehead atoms. The molecule has 1 aliphatic carbocycles. The minimum atomic E-state index is 0.472. The average molecular weight is 224 g/mol. The number of piperidine rings is 1. The Labute approximate surface area is 101 Å². The van der Waals surface area contributed by atoms with Gasteiger partial charge in [0.1, 0.15) is 0 Å². The number of rotatable bonds is 5. The molecule has 2 rings (SSSR count). The van der Waals surface area contributed by atoms with Gasteiger partial charge in [-0.1, -0.05) is 19.3 Å². The number of hydrogen-bond donors (Lipinski definition) is 2. The minimum absolute atomic E-state index is 0.472. The summed E-state index contributed by atoms with van der Waals surface area (Å²) in [7, 11) is 0. The van der Waals surface area contributed by atoms with Crippen molar-refractivity contribution in [3.05, 3.63) is 0 Å². The molecule has 16 heavy (non-hydrogen) atoms. The molecule has 1 aliphatic heterocycles. The smallest absolute Gasteiger partial charge is 0.0153 e. The third-order valence-electron chi connectivity index (χ3n) is 4.40. The molecular formula is C14H28N2. The SMILES string of the molecule is CC1(NCCCC2CCCCN2)CCCC1. The molecule has 0 radical (unpaired) electrons. The first-order valence-electron chi connectivity index (χ1n) is 7.27. The van der Waals surface area contributed by atoms with E-state index in [1.54, 1.807) is 0 Å². The lowest BCUT2D eigenvalue weighted by Crippen LogP contribution is -2.41. The van der Waals surface area contributed by atoms with Gasteiger partial charge in [-0.25, -0.2) is 0 Å². The molecule has 2 aliphatic rings. The zero-order valence-electron chi connectivity index (χ0n) is 10.9. The van der Waals surface area contributed by atoms with Gasteiger partial charge in [-0.05, 0) is 58.5 Å². The summed E-state index contributed by atoms with van der Waals surface area (Å²) >= 11 is 0. The maximum Gasteiger partial charge on any atom is 0.0153 e. The fourth-order valence-electron chi connectivity index (χ4n) is 3.24. The molecule has 0 spiro atoms. The Morgan fingerprint density at radius 2 is 2.00 bits per heavy atom. The van der Waals surface area contributed by atoms with E-state index in [-0.39, 0.29) is 0 Å². The van der Waals surface area contributed by atoms with Gasteiger partial charge in [-0.15, -0.1) is 0 Å². The molecule has 0 aromatic rings. The predicted octanol–water partition coefficient (Wildman–Crippen LogP) is 2.83. The molecule has 2 heteroatoms. The summed E-state index contributed by atoms with van der Waals surface area (Å²) in [4.78, 5) is 0. The van der Waals surface area contributed by atoms with Crippen molar-refractivity contribution in [2.45, 2.75) is 76.3 Å². The number of hydrogen-bond acceptors (Lipinski definition) is 2. The molecule has 1 saturated heterocycles. The van der Waals surface area contributed by atoms with E-state index in [1.165, 1.54) is 70.9 Å². The molecule has 1 unspecified atom stereocenters. The zero-order valence-corrected chi connectivity index (χ0v) is 10.9. The van der Waals surface area contributed by atoms with Crippen molar-refractivity contribution in [1.82, 2.24) is 10.6 Å². The largest absolute Gasteiger partial charge is 0.314 e. The number of nitrogens with one attached hydrogen (secondary N) is 2. The first-order chi connectivity index (χ1) is 7.79. The molecule has 2 nitrogen and oxygen atoms in total. The molecule has 1 saturated carbocycles. The quantitative estimate of drug-likeness (QED) is 0.702. The minimum Gasteiger partial charge on any atom is -0.314 e. The van der Waals surface area contributed by atoms with Gasteiger partial charge in [-0.3, -0.25) is 0 Å². The third-order valence-corrected chi connectivity index (χ3v) is 4.40. The van der Waals surface area contributed by atoms with Gasteiger partial charge in [-0.2, -0.15) is 0 Å². The van der Waals surface area contributed by atoms with E-state index < -0.39 is 0 Å². The maximum absolute atomic E-state index is 3.77. The highest BCUT2D eigenvalue weighted by atomic mass is 15.0. The normalized spacial score (nSPS) is 29.4. The van der Waals surface area contributed by atoms with Crippen LogP contribution in [0.25, 0.3) is 0 Å². The van der Waals surface area contributed by atoms with Gasteiger partial charge >= 0.3 is 0 Å². The van der Waals surface area contributed by atoms with Crippen LogP contribution in [0.4, 0.5) is 0 Å². The Morgan fingerprint density at radius 3 is 2.69 bits per heavy atom. The summed E-state index contributed by atoms with van der Waals surface area (Å²) < 4.78 is 0. The van der Waals surface area contributed by atoms with Gasteiger partial charge in [0.25, 0.3) is 0 Å². The first-order valence-corrected chi connectivity index (χ1v) is 7.27. The van der Waals surface area contributed by atoms with Crippen LogP contribution in [0.3, 0.4) is 0 Å². The standard InChI is InChI=1S/C14H28N2/c1-14(9-3-4-10-14)16-12-6-8-13-7-2-5-11-15-13/h13,15-16H,2-12H2,1H3. The lowest BCUT2D eigenvalue weighted by molar-refractivity contribution is 0.337. The van der Waals surface area contributed by atoms with Crippen molar-refractivity contribution in [1.29, 1.82) is 0 Å². The van der Waals surface area contributed by atoms with Crippen molar-refractivity contribution in [3.8, 4) is 0 Å². The maximum atomic E-state index is 3.77. The van der Waals surface area contributed by atoms with E-state index in [4.69, 9.17) is 0 Å². The highest BCUT2D eigenvalue weighted by molar-refractivity contribution is 4.88. The summed E-state index contributed by atoms with van der Waals surface area (Å²) in [5, 5.41) is 7.40. The van der Waals surface area contributed by atoms with Crippen molar-refractivity contribution >= 4 is 0 Å². The van der Waals surface area contributed by atoms with Crippen LogP contribution in [0.2, 0.25) is 0 Å². The molecule has 0 aromatic heterocycles. The van der Waals surface area contributed by atoms with Crippen LogP contribution in [0.1, 0.15) is 64.7 Å². The molecule has 1 heterocycles. The highest BCUT2D eigenvalue weighted by Gasteiger charge is 2.27. The second-order valence-corrected chi connectivity index (χ2v) is 5.98. The van der Waals surface area contributed by atoms with E-state index in [0.717, 1.165) is 6.04 Å². The molecule has 0 aromatic carbocycles. The Hall–Kier alpha value is -0.0800. The van der Waals surface area contributed by atoms with Crippen LogP contribution in [0.15, 0.2) is 0 Å². The van der Waals surface area contributed by atoms with Gasteiger partial charge < -0.3 is 10.6 Å². The summed E-state index contributed by atoms with van der Waals surface area (Å²) in [5.74, 6) is 0. The van der Waals surface area contributed by atoms with E-state index in [0.29, 0.717) is 5.54 Å². The monoisotopic (exact) mass is 224 g/mol. The third kappa shape index (κ3) is 3.74. The first kappa shape index (κ1) is 12.4. The van der Waals surface area contributed by atoms with Crippen LogP contribution >= 0.6 is 0 Å². The predicted molar refractivity (Wildman–Crippen MR) is 69.8 cm³/mol. The van der Waals surface area contributed by atoms with Crippen LogP contribution in [0, 0.1) is 0 Å². The van der Waals surface area contributed by atoms with Crippen LogP contribution < -0.4 is 10.6 Å². The molecule has 0 amide bonds. The van der Waals surface area contributed by atoms with E-state index in [1.807, 2.05) is 0 Å². The van der Waals surface area contributed by atoms with E-state index >= 15 is 0 Å². The second-order valence-electron chi connectivity index (χ2n) is 5.98. The Kier molecular flexibility index (Phi) is 4.66. The lowest BCUT2D eigenvalue weighted by atomic mass is 9.98. The molecular weight excluding hydrogens is 196 g/mol. The summed E-state index contributed by atoms with van der Waals surface area (Å²) in [6.07, 6.45) is 12.5.